The van der Waals surface area contributed by atoms with Crippen LogP contribution in [0.1, 0.15) is 13.8 Å². The average molecular weight is 542 g/mol. The highest BCUT2D eigenvalue weighted by Gasteiger charge is 2.26. The molecule has 0 bridgehead atoms. The number of likely N-dealkylation sites (N-methyl/N-ethyl adjacent to an activating group) is 1. The quantitative estimate of drug-likeness (QED) is 0.223. The van der Waals surface area contributed by atoms with Crippen molar-refractivity contribution in [2.24, 2.45) is 10.2 Å². The number of para-hydroxylation sites is 1. The van der Waals surface area contributed by atoms with Crippen LogP contribution in [0.3, 0.4) is 0 Å². The number of halogens is 1. The Hall–Kier alpha value is -3.94. The summed E-state index contributed by atoms with van der Waals surface area (Å²) in [5.74, 6) is 1.52. The zero-order valence-corrected chi connectivity index (χ0v) is 23.0. The third-order valence-electron chi connectivity index (χ3n) is 6.87. The first-order valence-electron chi connectivity index (χ1n) is 13.3. The third kappa shape index (κ3) is 6.05. The van der Waals surface area contributed by atoms with Crippen LogP contribution in [0.2, 0.25) is 5.02 Å². The Morgan fingerprint density at radius 1 is 0.846 bits per heavy atom. The SMILES string of the molecule is CCOc1ccc(-c2cc(=O)n(-c3ccccc3)c(N3CCN(CC)CC3)c2N=Nc2ccc(Cl)cc2)cc1. The maximum atomic E-state index is 13.8. The number of piperazine rings is 1. The van der Waals surface area contributed by atoms with Gasteiger partial charge in [0.05, 0.1) is 18.0 Å². The Morgan fingerprint density at radius 3 is 2.18 bits per heavy atom. The van der Waals surface area contributed by atoms with Gasteiger partial charge in [-0.3, -0.25) is 9.36 Å². The maximum Gasteiger partial charge on any atom is 0.257 e. The zero-order chi connectivity index (χ0) is 27.2. The lowest BCUT2D eigenvalue weighted by Crippen LogP contribution is -2.47. The molecule has 39 heavy (non-hydrogen) atoms. The van der Waals surface area contributed by atoms with Gasteiger partial charge < -0.3 is 14.5 Å². The molecule has 0 N–H and O–H groups in total. The van der Waals surface area contributed by atoms with Crippen LogP contribution in [0, 0.1) is 0 Å². The van der Waals surface area contributed by atoms with Crippen LogP contribution >= 0.6 is 11.6 Å². The van der Waals surface area contributed by atoms with E-state index in [0.717, 1.165) is 61.1 Å². The van der Waals surface area contributed by atoms with Gasteiger partial charge >= 0.3 is 0 Å². The van der Waals surface area contributed by atoms with E-state index in [1.165, 1.54) is 0 Å². The molecule has 7 nitrogen and oxygen atoms in total. The molecule has 4 aromatic rings. The fourth-order valence-electron chi connectivity index (χ4n) is 4.81. The summed E-state index contributed by atoms with van der Waals surface area (Å²) in [4.78, 5) is 18.5. The molecule has 1 aliphatic heterocycles. The van der Waals surface area contributed by atoms with E-state index in [1.54, 1.807) is 22.8 Å². The van der Waals surface area contributed by atoms with Gasteiger partial charge in [0.15, 0.2) is 0 Å². The Bertz CT molecular complexity index is 1480. The summed E-state index contributed by atoms with van der Waals surface area (Å²) >= 11 is 6.09. The molecule has 1 aromatic heterocycles. The van der Waals surface area contributed by atoms with Gasteiger partial charge in [-0.25, -0.2) is 0 Å². The molecule has 0 unspecified atom stereocenters. The number of anilines is 1. The predicted octanol–water partition coefficient (Wildman–Crippen LogP) is 7.11. The topological polar surface area (TPSA) is 62.4 Å². The zero-order valence-electron chi connectivity index (χ0n) is 22.3. The maximum absolute atomic E-state index is 13.8. The summed E-state index contributed by atoms with van der Waals surface area (Å²) in [5.41, 5.74) is 3.58. The molecule has 5 rings (SSSR count). The molecule has 0 amide bonds. The number of azo groups is 1. The molecule has 3 aromatic carbocycles. The van der Waals surface area contributed by atoms with E-state index in [-0.39, 0.29) is 5.56 Å². The molecule has 1 aliphatic rings. The summed E-state index contributed by atoms with van der Waals surface area (Å²) < 4.78 is 7.41. The summed E-state index contributed by atoms with van der Waals surface area (Å²) in [5, 5.41) is 10.0. The molecule has 0 saturated carbocycles. The van der Waals surface area contributed by atoms with E-state index >= 15 is 0 Å². The van der Waals surface area contributed by atoms with Gasteiger partial charge in [0.25, 0.3) is 5.56 Å². The van der Waals surface area contributed by atoms with Crippen LogP contribution in [-0.2, 0) is 0 Å². The summed E-state index contributed by atoms with van der Waals surface area (Å²) in [6, 6.07) is 26.4. The van der Waals surface area contributed by atoms with E-state index < -0.39 is 0 Å². The molecule has 0 atom stereocenters. The fraction of sp³-hybridized carbons (Fsp3) is 0.258. The van der Waals surface area contributed by atoms with Crippen molar-refractivity contribution in [3.05, 3.63) is 100 Å². The van der Waals surface area contributed by atoms with E-state index in [0.29, 0.717) is 23.0 Å². The highest BCUT2D eigenvalue weighted by atomic mass is 35.5. The predicted molar refractivity (Wildman–Crippen MR) is 159 cm³/mol. The number of nitrogens with zero attached hydrogens (tertiary/aromatic N) is 5. The standard InChI is InChI=1S/C31H32ClN5O2/c1-3-35-18-20-36(21-19-35)31-30(34-33-25-14-12-24(32)13-15-25)28(23-10-16-27(17-11-23)39-4-2)22-29(38)37(31)26-8-6-5-7-9-26/h5-17,22H,3-4,18-21H2,1-2H3. The molecule has 2 heterocycles. The van der Waals surface area contributed by atoms with Crippen molar-refractivity contribution in [1.82, 2.24) is 9.47 Å². The molecule has 200 valence electrons. The van der Waals surface area contributed by atoms with E-state index in [9.17, 15) is 4.79 Å². The Labute approximate surface area is 233 Å². The van der Waals surface area contributed by atoms with Crippen molar-refractivity contribution in [3.63, 3.8) is 0 Å². The minimum Gasteiger partial charge on any atom is -0.494 e. The third-order valence-corrected chi connectivity index (χ3v) is 7.12. The number of aromatic nitrogens is 1. The Balaban J connectivity index is 1.73. The minimum absolute atomic E-state index is 0.122. The van der Waals surface area contributed by atoms with E-state index in [2.05, 4.69) is 21.8 Å². The Morgan fingerprint density at radius 2 is 1.54 bits per heavy atom. The van der Waals surface area contributed by atoms with Crippen LogP contribution in [0.25, 0.3) is 16.8 Å². The first kappa shape index (κ1) is 26.7. The van der Waals surface area contributed by atoms with E-state index in [1.807, 2.05) is 73.7 Å². The van der Waals surface area contributed by atoms with Gasteiger partial charge in [-0.15, -0.1) is 5.11 Å². The monoisotopic (exact) mass is 541 g/mol. The number of benzene rings is 3. The molecular weight excluding hydrogens is 510 g/mol. The second-order valence-electron chi connectivity index (χ2n) is 9.29. The van der Waals surface area contributed by atoms with Gasteiger partial charge in [0.1, 0.15) is 17.3 Å². The molecule has 0 aliphatic carbocycles. The van der Waals surface area contributed by atoms with Crippen molar-refractivity contribution in [2.45, 2.75) is 13.8 Å². The summed E-state index contributed by atoms with van der Waals surface area (Å²) in [6.07, 6.45) is 0. The lowest BCUT2D eigenvalue weighted by Gasteiger charge is -2.37. The van der Waals surface area contributed by atoms with Crippen molar-refractivity contribution in [2.75, 3.05) is 44.2 Å². The minimum atomic E-state index is -0.122. The lowest BCUT2D eigenvalue weighted by atomic mass is 10.0. The molecule has 0 spiro atoms. The lowest BCUT2D eigenvalue weighted by molar-refractivity contribution is 0.270. The smallest absolute Gasteiger partial charge is 0.257 e. The largest absolute Gasteiger partial charge is 0.494 e. The van der Waals surface area contributed by atoms with Crippen molar-refractivity contribution < 1.29 is 4.74 Å². The van der Waals surface area contributed by atoms with Crippen molar-refractivity contribution >= 4 is 28.8 Å². The summed E-state index contributed by atoms with van der Waals surface area (Å²) in [6.45, 7) is 9.06. The first-order valence-corrected chi connectivity index (χ1v) is 13.7. The highest BCUT2D eigenvalue weighted by molar-refractivity contribution is 6.30. The van der Waals surface area contributed by atoms with Crippen molar-refractivity contribution in [1.29, 1.82) is 0 Å². The number of ether oxygens (including phenoxy) is 1. The first-order chi connectivity index (χ1) is 19.1. The number of hydrogen-bond acceptors (Lipinski definition) is 6. The average Bonchev–Trinajstić information content (AvgIpc) is 2.98. The number of pyridine rings is 1. The second-order valence-corrected chi connectivity index (χ2v) is 9.73. The Kier molecular flexibility index (Phi) is 8.39. The van der Waals surface area contributed by atoms with Crippen LogP contribution in [0.5, 0.6) is 5.75 Å². The van der Waals surface area contributed by atoms with Gasteiger partial charge in [0, 0.05) is 42.8 Å². The van der Waals surface area contributed by atoms with Crippen LogP contribution < -0.4 is 15.2 Å². The van der Waals surface area contributed by atoms with Crippen LogP contribution in [0.4, 0.5) is 17.2 Å². The van der Waals surface area contributed by atoms with Crippen LogP contribution in [0.15, 0.2) is 100.0 Å². The van der Waals surface area contributed by atoms with Gasteiger partial charge in [-0.2, -0.15) is 5.11 Å². The second kappa shape index (κ2) is 12.3. The molecule has 1 fully saturated rings. The molecule has 0 radical (unpaired) electrons. The van der Waals surface area contributed by atoms with Gasteiger partial charge in [-0.1, -0.05) is 48.9 Å². The molecule has 1 saturated heterocycles. The van der Waals surface area contributed by atoms with Crippen molar-refractivity contribution in [3.8, 4) is 22.6 Å². The van der Waals surface area contributed by atoms with Gasteiger partial charge in [-0.05, 0) is 67.6 Å². The summed E-state index contributed by atoms with van der Waals surface area (Å²) in [7, 11) is 0. The normalized spacial score (nSPS) is 14.2. The van der Waals surface area contributed by atoms with Crippen LogP contribution in [-0.4, -0.2) is 48.8 Å². The number of rotatable bonds is 8. The highest BCUT2D eigenvalue weighted by Crippen LogP contribution is 2.40. The fourth-order valence-corrected chi connectivity index (χ4v) is 4.94. The number of hydrogen-bond donors (Lipinski definition) is 0. The molecule has 8 heteroatoms. The van der Waals surface area contributed by atoms with E-state index in [4.69, 9.17) is 21.5 Å². The van der Waals surface area contributed by atoms with Gasteiger partial charge in [0.2, 0.25) is 0 Å². The molecular formula is C31H32ClN5O2.